The van der Waals surface area contributed by atoms with Crippen molar-refractivity contribution in [2.45, 2.75) is 5.25 Å². The second-order valence-corrected chi connectivity index (χ2v) is 4.17. The van der Waals surface area contributed by atoms with Crippen molar-refractivity contribution in [3.05, 3.63) is 52.5 Å². The third-order valence-corrected chi connectivity index (χ3v) is 3.44. The average Bonchev–Trinajstić information content (AvgIpc) is 2.71. The highest BCUT2D eigenvalue weighted by Gasteiger charge is 2.10. The largest absolute Gasteiger partial charge is 0.260 e. The number of hydrogen-bond donors (Lipinski definition) is 1. The van der Waals surface area contributed by atoms with Gasteiger partial charge in [-0.2, -0.15) is 12.6 Å². The van der Waals surface area contributed by atoms with Crippen LogP contribution in [-0.2, 0) is 0 Å². The van der Waals surface area contributed by atoms with E-state index in [1.807, 2.05) is 24.3 Å². The van der Waals surface area contributed by atoms with E-state index in [4.69, 9.17) is 0 Å². The van der Waals surface area contributed by atoms with Crippen LogP contribution in [-0.4, -0.2) is 4.98 Å². The van der Waals surface area contributed by atoms with Gasteiger partial charge in [0.25, 0.3) is 0 Å². The molecule has 1 unspecified atom stereocenters. The zero-order chi connectivity index (χ0) is 9.10. The van der Waals surface area contributed by atoms with Gasteiger partial charge >= 0.3 is 0 Å². The number of thiol groups is 1. The van der Waals surface area contributed by atoms with E-state index < -0.39 is 0 Å². The van der Waals surface area contributed by atoms with Crippen molar-refractivity contribution in [2.24, 2.45) is 0 Å². The van der Waals surface area contributed by atoms with Gasteiger partial charge < -0.3 is 0 Å². The van der Waals surface area contributed by atoms with Crippen LogP contribution in [0.15, 0.2) is 41.9 Å². The minimum absolute atomic E-state index is 0.112. The van der Waals surface area contributed by atoms with Crippen LogP contribution in [0, 0.1) is 0 Å². The molecule has 0 aliphatic carbocycles. The molecule has 1 atom stereocenters. The van der Waals surface area contributed by atoms with Gasteiger partial charge in [-0.25, -0.2) is 0 Å². The molecule has 0 radical (unpaired) electrons. The minimum Gasteiger partial charge on any atom is -0.260 e. The van der Waals surface area contributed by atoms with Crippen LogP contribution in [0.25, 0.3) is 0 Å². The highest BCUT2D eigenvalue weighted by molar-refractivity contribution is 7.81. The summed E-state index contributed by atoms with van der Waals surface area (Å²) in [6.07, 6.45) is 1.80. The molecule has 0 saturated carbocycles. The Morgan fingerprint density at radius 3 is 2.77 bits per heavy atom. The third kappa shape index (κ3) is 1.92. The Hall–Kier alpha value is -0.800. The lowest BCUT2D eigenvalue weighted by molar-refractivity contribution is 1.08. The van der Waals surface area contributed by atoms with Gasteiger partial charge in [-0.3, -0.25) is 4.98 Å². The molecule has 0 amide bonds. The van der Waals surface area contributed by atoms with Gasteiger partial charge in [0.15, 0.2) is 0 Å². The number of nitrogens with zero attached hydrogens (tertiary/aromatic N) is 1. The van der Waals surface area contributed by atoms with Crippen LogP contribution in [0.4, 0.5) is 0 Å². The van der Waals surface area contributed by atoms with Crippen molar-refractivity contribution < 1.29 is 0 Å². The molecular weight excluding hydrogens is 198 g/mol. The molecule has 1 nitrogen and oxygen atoms in total. The molecule has 0 bridgehead atoms. The van der Waals surface area contributed by atoms with Crippen molar-refractivity contribution in [2.75, 3.05) is 0 Å². The van der Waals surface area contributed by atoms with Crippen LogP contribution in [0.5, 0.6) is 0 Å². The van der Waals surface area contributed by atoms with E-state index in [0.717, 1.165) is 5.69 Å². The Morgan fingerprint density at radius 2 is 2.15 bits per heavy atom. The molecule has 66 valence electrons. The van der Waals surface area contributed by atoms with E-state index in [9.17, 15) is 0 Å². The number of hydrogen-bond acceptors (Lipinski definition) is 3. The lowest BCUT2D eigenvalue weighted by atomic mass is 10.2. The standard InChI is InChI=1S/C10H9NS2/c12-10(9-5-3-7-13-9)8-4-1-2-6-11-8/h1-7,10,12H. The summed E-state index contributed by atoms with van der Waals surface area (Å²) in [5.41, 5.74) is 1.01. The minimum atomic E-state index is 0.112. The number of aromatic nitrogens is 1. The van der Waals surface area contributed by atoms with Crippen molar-refractivity contribution in [3.63, 3.8) is 0 Å². The van der Waals surface area contributed by atoms with Crippen LogP contribution in [0.2, 0.25) is 0 Å². The van der Waals surface area contributed by atoms with Crippen molar-refractivity contribution in [1.29, 1.82) is 0 Å². The van der Waals surface area contributed by atoms with Crippen molar-refractivity contribution in [3.8, 4) is 0 Å². The fraction of sp³-hybridized carbons (Fsp3) is 0.100. The van der Waals surface area contributed by atoms with Gasteiger partial charge in [0.2, 0.25) is 0 Å². The fourth-order valence-electron chi connectivity index (χ4n) is 1.13. The normalized spacial score (nSPS) is 12.7. The summed E-state index contributed by atoms with van der Waals surface area (Å²) in [4.78, 5) is 5.50. The van der Waals surface area contributed by atoms with Gasteiger partial charge in [0, 0.05) is 11.1 Å². The SMILES string of the molecule is SC(c1ccccn1)c1cccs1. The molecule has 0 N–H and O–H groups in total. The van der Waals surface area contributed by atoms with Crippen LogP contribution >= 0.6 is 24.0 Å². The van der Waals surface area contributed by atoms with E-state index in [2.05, 4.69) is 29.1 Å². The first-order chi connectivity index (χ1) is 6.38. The van der Waals surface area contributed by atoms with Gasteiger partial charge in [-0.15, -0.1) is 11.3 Å². The summed E-state index contributed by atoms with van der Waals surface area (Å²) < 4.78 is 0. The molecule has 0 saturated heterocycles. The first kappa shape index (κ1) is 8.78. The van der Waals surface area contributed by atoms with Crippen LogP contribution in [0.1, 0.15) is 15.8 Å². The first-order valence-electron chi connectivity index (χ1n) is 4.00. The van der Waals surface area contributed by atoms with Crippen LogP contribution in [0.3, 0.4) is 0 Å². The first-order valence-corrected chi connectivity index (χ1v) is 5.40. The second kappa shape index (κ2) is 3.94. The molecule has 0 aliphatic rings. The summed E-state index contributed by atoms with van der Waals surface area (Å²) in [6.45, 7) is 0. The molecule has 0 aliphatic heterocycles. The number of pyridine rings is 1. The quantitative estimate of drug-likeness (QED) is 0.746. The van der Waals surface area contributed by atoms with Crippen LogP contribution < -0.4 is 0 Å². The van der Waals surface area contributed by atoms with E-state index in [0.29, 0.717) is 0 Å². The molecule has 0 spiro atoms. The molecule has 3 heteroatoms. The Kier molecular flexibility index (Phi) is 2.66. The lowest BCUT2D eigenvalue weighted by Gasteiger charge is -2.06. The summed E-state index contributed by atoms with van der Waals surface area (Å²) in [6, 6.07) is 10.0. The Bertz CT molecular complexity index is 356. The predicted octanol–water partition coefficient (Wildman–Crippen LogP) is 3.16. The van der Waals surface area contributed by atoms with E-state index in [1.54, 1.807) is 17.5 Å². The Labute approximate surface area is 86.9 Å². The zero-order valence-electron chi connectivity index (χ0n) is 6.92. The number of thiophene rings is 1. The second-order valence-electron chi connectivity index (χ2n) is 2.67. The van der Waals surface area contributed by atoms with E-state index in [1.165, 1.54) is 4.88 Å². The molecule has 0 fully saturated rings. The number of rotatable bonds is 2. The molecule has 2 rings (SSSR count). The third-order valence-electron chi connectivity index (χ3n) is 1.78. The maximum absolute atomic E-state index is 4.52. The van der Waals surface area contributed by atoms with E-state index in [-0.39, 0.29) is 5.25 Å². The van der Waals surface area contributed by atoms with Crippen molar-refractivity contribution >= 4 is 24.0 Å². The van der Waals surface area contributed by atoms with Gasteiger partial charge in [0.05, 0.1) is 10.9 Å². The molecular formula is C10H9NS2. The molecule has 0 aromatic carbocycles. The summed E-state index contributed by atoms with van der Waals surface area (Å²) in [7, 11) is 0. The lowest BCUT2D eigenvalue weighted by Crippen LogP contribution is -1.92. The highest BCUT2D eigenvalue weighted by atomic mass is 32.1. The van der Waals surface area contributed by atoms with Gasteiger partial charge in [-0.05, 0) is 23.6 Å². The molecule has 2 heterocycles. The summed E-state index contributed by atoms with van der Waals surface area (Å²) in [5, 5.41) is 2.17. The smallest absolute Gasteiger partial charge is 0.0782 e. The topological polar surface area (TPSA) is 12.9 Å². The van der Waals surface area contributed by atoms with Gasteiger partial charge in [0.1, 0.15) is 0 Å². The van der Waals surface area contributed by atoms with E-state index >= 15 is 0 Å². The monoisotopic (exact) mass is 207 g/mol. The van der Waals surface area contributed by atoms with Crippen molar-refractivity contribution in [1.82, 2.24) is 4.98 Å². The predicted molar refractivity (Wildman–Crippen MR) is 59.4 cm³/mol. The Morgan fingerprint density at radius 1 is 1.23 bits per heavy atom. The van der Waals surface area contributed by atoms with Gasteiger partial charge in [-0.1, -0.05) is 12.1 Å². The highest BCUT2D eigenvalue weighted by Crippen LogP contribution is 2.29. The maximum Gasteiger partial charge on any atom is 0.0782 e. The molecule has 13 heavy (non-hydrogen) atoms. The molecule has 2 aromatic heterocycles. The summed E-state index contributed by atoms with van der Waals surface area (Å²) >= 11 is 6.23. The maximum atomic E-state index is 4.52. The zero-order valence-corrected chi connectivity index (χ0v) is 8.63. The summed E-state index contributed by atoms with van der Waals surface area (Å²) in [5.74, 6) is 0. The fourth-order valence-corrected chi connectivity index (χ4v) is 2.27. The Balaban J connectivity index is 2.29. The molecule has 2 aromatic rings. The average molecular weight is 207 g/mol.